The van der Waals surface area contributed by atoms with E-state index >= 15 is 0 Å². The van der Waals surface area contributed by atoms with E-state index in [0.29, 0.717) is 10.6 Å². The molecule has 0 atom stereocenters. The zero-order chi connectivity index (χ0) is 14.9. The number of thiophene rings is 1. The molecule has 0 saturated heterocycles. The lowest BCUT2D eigenvalue weighted by molar-refractivity contribution is -0.118. The summed E-state index contributed by atoms with van der Waals surface area (Å²) in [6.07, 6.45) is 0.810. The van der Waals surface area contributed by atoms with E-state index < -0.39 is 0 Å². The van der Waals surface area contributed by atoms with Gasteiger partial charge in [0.25, 0.3) is 0 Å². The van der Waals surface area contributed by atoms with Crippen molar-refractivity contribution in [3.05, 3.63) is 16.0 Å². The summed E-state index contributed by atoms with van der Waals surface area (Å²) in [6, 6.07) is 0. The molecule has 0 radical (unpaired) electrons. The van der Waals surface area contributed by atoms with E-state index in [1.807, 2.05) is 20.9 Å². The number of ether oxygens (including phenoxy) is 1. The molecule has 1 aliphatic heterocycles. The van der Waals surface area contributed by atoms with Gasteiger partial charge >= 0.3 is 5.97 Å². The van der Waals surface area contributed by atoms with Crippen LogP contribution in [0.2, 0.25) is 0 Å². The van der Waals surface area contributed by atoms with Gasteiger partial charge in [-0.15, -0.1) is 11.3 Å². The SMILES string of the molecule is COC(=O)c1c(NC(=O)C(C)C)sc2c1CCN(C)C2. The highest BCUT2D eigenvalue weighted by atomic mass is 32.1. The molecule has 1 amide bonds. The van der Waals surface area contributed by atoms with Crippen molar-refractivity contribution >= 4 is 28.2 Å². The molecule has 1 N–H and O–H groups in total. The van der Waals surface area contributed by atoms with E-state index in [2.05, 4.69) is 10.2 Å². The minimum absolute atomic E-state index is 0.0814. The van der Waals surface area contributed by atoms with Gasteiger partial charge in [-0.2, -0.15) is 0 Å². The Hall–Kier alpha value is -1.40. The Kier molecular flexibility index (Phi) is 4.45. The second kappa shape index (κ2) is 5.93. The van der Waals surface area contributed by atoms with E-state index in [9.17, 15) is 9.59 Å². The zero-order valence-corrected chi connectivity index (χ0v) is 13.1. The van der Waals surface area contributed by atoms with Crippen LogP contribution in [-0.2, 0) is 22.5 Å². The maximum absolute atomic E-state index is 12.0. The Morgan fingerprint density at radius 3 is 2.70 bits per heavy atom. The third-order valence-corrected chi connectivity index (χ3v) is 4.53. The first-order chi connectivity index (χ1) is 9.43. The van der Waals surface area contributed by atoms with Crippen molar-refractivity contribution in [1.29, 1.82) is 0 Å². The van der Waals surface area contributed by atoms with Crippen LogP contribution in [0.25, 0.3) is 0 Å². The predicted molar refractivity (Wildman–Crippen MR) is 79.2 cm³/mol. The van der Waals surface area contributed by atoms with Crippen LogP contribution < -0.4 is 5.32 Å². The van der Waals surface area contributed by atoms with Gasteiger partial charge in [0.05, 0.1) is 12.7 Å². The molecule has 1 aliphatic rings. The summed E-state index contributed by atoms with van der Waals surface area (Å²) in [5, 5.41) is 3.48. The Labute approximate surface area is 122 Å². The fraction of sp³-hybridized carbons (Fsp3) is 0.571. The molecule has 6 heteroatoms. The lowest BCUT2D eigenvalue weighted by Crippen LogP contribution is -2.26. The van der Waals surface area contributed by atoms with Crippen molar-refractivity contribution in [3.8, 4) is 0 Å². The minimum Gasteiger partial charge on any atom is -0.465 e. The first-order valence-electron chi connectivity index (χ1n) is 6.66. The molecule has 110 valence electrons. The largest absolute Gasteiger partial charge is 0.465 e. The van der Waals surface area contributed by atoms with Crippen LogP contribution in [0.4, 0.5) is 5.00 Å². The van der Waals surface area contributed by atoms with Crippen molar-refractivity contribution in [1.82, 2.24) is 4.90 Å². The number of hydrogen-bond acceptors (Lipinski definition) is 5. The number of anilines is 1. The molecule has 1 aromatic heterocycles. The quantitative estimate of drug-likeness (QED) is 0.868. The third kappa shape index (κ3) is 2.86. The lowest BCUT2D eigenvalue weighted by atomic mass is 10.0. The lowest BCUT2D eigenvalue weighted by Gasteiger charge is -2.22. The van der Waals surface area contributed by atoms with Crippen molar-refractivity contribution in [2.75, 3.05) is 26.0 Å². The number of carbonyl (C=O) groups is 2. The molecule has 0 bridgehead atoms. The van der Waals surface area contributed by atoms with Gasteiger partial charge in [-0.25, -0.2) is 4.79 Å². The number of nitrogens with one attached hydrogen (secondary N) is 1. The molecule has 5 nitrogen and oxygen atoms in total. The monoisotopic (exact) mass is 296 g/mol. The molecule has 1 aromatic rings. The number of esters is 1. The van der Waals surface area contributed by atoms with Gasteiger partial charge in [0.15, 0.2) is 0 Å². The molecule has 2 rings (SSSR count). The Morgan fingerprint density at radius 1 is 1.40 bits per heavy atom. The van der Waals surface area contributed by atoms with E-state index in [1.54, 1.807) is 0 Å². The Bertz CT molecular complexity index is 537. The van der Waals surface area contributed by atoms with Crippen LogP contribution >= 0.6 is 11.3 Å². The van der Waals surface area contributed by atoms with Gasteiger partial charge in [-0.1, -0.05) is 13.8 Å². The van der Waals surface area contributed by atoms with E-state index in [-0.39, 0.29) is 17.8 Å². The molecule has 0 unspecified atom stereocenters. The summed E-state index contributed by atoms with van der Waals surface area (Å²) in [5.74, 6) is -0.574. The average Bonchev–Trinajstić information content (AvgIpc) is 2.74. The molecule has 0 saturated carbocycles. The number of fused-ring (bicyclic) bond motifs is 1. The first kappa shape index (κ1) is 15.0. The number of amides is 1. The minimum atomic E-state index is -0.369. The highest BCUT2D eigenvalue weighted by Gasteiger charge is 2.28. The number of carbonyl (C=O) groups excluding carboxylic acids is 2. The topological polar surface area (TPSA) is 58.6 Å². The van der Waals surface area contributed by atoms with Crippen LogP contribution in [0.15, 0.2) is 0 Å². The summed E-state index contributed by atoms with van der Waals surface area (Å²) in [7, 11) is 3.42. The van der Waals surface area contributed by atoms with Crippen LogP contribution in [0, 0.1) is 5.92 Å². The van der Waals surface area contributed by atoms with Gasteiger partial charge in [0.2, 0.25) is 5.91 Å². The Balaban J connectivity index is 2.40. The smallest absolute Gasteiger partial charge is 0.341 e. The molecular weight excluding hydrogens is 276 g/mol. The normalized spacial score (nSPS) is 15.1. The summed E-state index contributed by atoms with van der Waals surface area (Å²) < 4.78 is 4.87. The van der Waals surface area contributed by atoms with Crippen LogP contribution in [-0.4, -0.2) is 37.5 Å². The molecule has 0 fully saturated rings. The standard InChI is InChI=1S/C14H20N2O3S/c1-8(2)12(17)15-13-11(14(18)19-4)9-5-6-16(3)7-10(9)20-13/h8H,5-7H2,1-4H3,(H,15,17). The highest BCUT2D eigenvalue weighted by Crippen LogP contribution is 2.37. The van der Waals surface area contributed by atoms with E-state index in [0.717, 1.165) is 30.0 Å². The van der Waals surface area contributed by atoms with Gasteiger partial charge in [0, 0.05) is 23.9 Å². The fourth-order valence-corrected chi connectivity index (χ4v) is 3.51. The molecule has 20 heavy (non-hydrogen) atoms. The van der Waals surface area contributed by atoms with Crippen LogP contribution in [0.5, 0.6) is 0 Å². The van der Waals surface area contributed by atoms with Gasteiger partial charge < -0.3 is 15.0 Å². The number of hydrogen-bond donors (Lipinski definition) is 1. The molecule has 0 aliphatic carbocycles. The first-order valence-corrected chi connectivity index (χ1v) is 7.48. The van der Waals surface area contributed by atoms with Crippen LogP contribution in [0.1, 0.15) is 34.6 Å². The second-order valence-electron chi connectivity index (χ2n) is 5.33. The van der Waals surface area contributed by atoms with Crippen molar-refractivity contribution in [3.63, 3.8) is 0 Å². The third-order valence-electron chi connectivity index (χ3n) is 3.40. The maximum atomic E-state index is 12.0. The number of rotatable bonds is 3. The van der Waals surface area contributed by atoms with Gasteiger partial charge in [0.1, 0.15) is 5.00 Å². The molecule has 2 heterocycles. The number of methoxy groups -OCH3 is 1. The predicted octanol–water partition coefficient (Wildman–Crippen LogP) is 2.12. The number of likely N-dealkylation sites (N-methyl/N-ethyl adjacent to an activating group) is 1. The summed E-state index contributed by atoms with van der Waals surface area (Å²) >= 11 is 1.48. The van der Waals surface area contributed by atoms with E-state index in [1.165, 1.54) is 18.4 Å². The second-order valence-corrected chi connectivity index (χ2v) is 6.44. The van der Waals surface area contributed by atoms with Crippen molar-refractivity contribution in [2.24, 2.45) is 5.92 Å². The van der Waals surface area contributed by atoms with Crippen molar-refractivity contribution < 1.29 is 14.3 Å². The van der Waals surface area contributed by atoms with Crippen LogP contribution in [0.3, 0.4) is 0 Å². The Morgan fingerprint density at radius 2 is 2.10 bits per heavy atom. The zero-order valence-electron chi connectivity index (χ0n) is 12.3. The van der Waals surface area contributed by atoms with E-state index in [4.69, 9.17) is 4.74 Å². The van der Waals surface area contributed by atoms with Gasteiger partial charge in [-0.3, -0.25) is 4.79 Å². The van der Waals surface area contributed by atoms with Gasteiger partial charge in [-0.05, 0) is 19.0 Å². The molecule has 0 aromatic carbocycles. The molecular formula is C14H20N2O3S. The number of nitrogens with zero attached hydrogens (tertiary/aromatic N) is 1. The highest BCUT2D eigenvalue weighted by molar-refractivity contribution is 7.17. The summed E-state index contributed by atoms with van der Waals surface area (Å²) in [6.45, 7) is 5.37. The fourth-order valence-electron chi connectivity index (χ4n) is 2.19. The van der Waals surface area contributed by atoms with Crippen molar-refractivity contribution in [2.45, 2.75) is 26.8 Å². The summed E-state index contributed by atoms with van der Waals surface area (Å²) in [5.41, 5.74) is 1.56. The maximum Gasteiger partial charge on any atom is 0.341 e. The average molecular weight is 296 g/mol. The summed E-state index contributed by atoms with van der Waals surface area (Å²) in [4.78, 5) is 27.2. The molecule has 0 spiro atoms.